The summed E-state index contributed by atoms with van der Waals surface area (Å²) in [5.41, 5.74) is 1.46. The monoisotopic (exact) mass is 247 g/mol. The number of aryl methyl sites for hydroxylation is 1. The largest absolute Gasteiger partial charge is 0.391 e. The fourth-order valence-corrected chi connectivity index (χ4v) is 2.11. The van der Waals surface area contributed by atoms with E-state index in [1.54, 1.807) is 12.1 Å². The molecule has 1 fully saturated rings. The summed E-state index contributed by atoms with van der Waals surface area (Å²) in [6.45, 7) is 2.74. The summed E-state index contributed by atoms with van der Waals surface area (Å²) in [5.74, 6) is -1.01. The number of aliphatic hydroxyl groups is 1. The van der Waals surface area contributed by atoms with E-state index in [4.69, 9.17) is 0 Å². The number of aliphatic hydroxyl groups excluding tert-OH is 1. The van der Waals surface area contributed by atoms with Crippen molar-refractivity contribution in [3.8, 4) is 0 Å². The molecule has 1 saturated heterocycles. The number of hydrogen-bond donors (Lipinski definition) is 1. The first-order valence-electron chi connectivity index (χ1n) is 6.16. The Morgan fingerprint density at radius 1 is 1.28 bits per heavy atom. The summed E-state index contributed by atoms with van der Waals surface area (Å²) in [7, 11) is 0. The highest BCUT2D eigenvalue weighted by Crippen LogP contribution is 2.12. The molecule has 1 atom stereocenters. The fourth-order valence-electron chi connectivity index (χ4n) is 2.11. The Morgan fingerprint density at radius 2 is 1.94 bits per heavy atom. The lowest BCUT2D eigenvalue weighted by atomic mass is 10.0. The first-order valence-corrected chi connectivity index (χ1v) is 6.16. The molecule has 0 spiro atoms. The molecule has 1 amide bonds. The van der Waals surface area contributed by atoms with Crippen molar-refractivity contribution in [2.45, 2.75) is 25.9 Å². The first kappa shape index (κ1) is 12.8. The number of β-amino-alcohol motifs (C(OH)–C–C–N with tert-alkyl or cyclic N) is 1. The molecule has 4 nitrogen and oxygen atoms in total. The highest BCUT2D eigenvalue weighted by molar-refractivity contribution is 6.42. The molecular weight excluding hydrogens is 230 g/mol. The van der Waals surface area contributed by atoms with Crippen LogP contribution in [0.4, 0.5) is 0 Å². The summed E-state index contributed by atoms with van der Waals surface area (Å²) in [5, 5.41) is 9.51. The maximum absolute atomic E-state index is 12.0. The van der Waals surface area contributed by atoms with E-state index in [1.807, 2.05) is 19.1 Å². The van der Waals surface area contributed by atoms with Crippen LogP contribution in [0.3, 0.4) is 0 Å². The van der Waals surface area contributed by atoms with Crippen LogP contribution in [0, 0.1) is 6.92 Å². The van der Waals surface area contributed by atoms with Gasteiger partial charge in [-0.3, -0.25) is 9.59 Å². The number of benzene rings is 1. The highest BCUT2D eigenvalue weighted by Gasteiger charge is 2.27. The molecule has 96 valence electrons. The minimum absolute atomic E-state index is 0.260. The number of carbonyl (C=O) groups is 2. The van der Waals surface area contributed by atoms with E-state index in [0.29, 0.717) is 18.5 Å². The molecule has 2 rings (SSSR count). The predicted molar refractivity (Wildman–Crippen MR) is 67.3 cm³/mol. The molecule has 0 bridgehead atoms. The summed E-state index contributed by atoms with van der Waals surface area (Å²) in [6.07, 6.45) is 0.935. The van der Waals surface area contributed by atoms with Gasteiger partial charge in [-0.25, -0.2) is 0 Å². The fraction of sp³-hybridized carbons (Fsp3) is 0.429. The molecule has 1 aromatic carbocycles. The Hall–Kier alpha value is -1.68. The van der Waals surface area contributed by atoms with Gasteiger partial charge in [-0.15, -0.1) is 0 Å². The topological polar surface area (TPSA) is 57.6 Å². The number of amides is 1. The molecule has 1 unspecified atom stereocenters. The van der Waals surface area contributed by atoms with E-state index in [2.05, 4.69) is 0 Å². The van der Waals surface area contributed by atoms with Crippen molar-refractivity contribution >= 4 is 11.7 Å². The second kappa shape index (κ2) is 5.31. The van der Waals surface area contributed by atoms with E-state index >= 15 is 0 Å². The number of carbonyl (C=O) groups excluding carboxylic acids is 2. The summed E-state index contributed by atoms with van der Waals surface area (Å²) < 4.78 is 0. The maximum atomic E-state index is 12.0. The van der Waals surface area contributed by atoms with Crippen LogP contribution in [0.1, 0.15) is 28.8 Å². The van der Waals surface area contributed by atoms with Crippen molar-refractivity contribution in [2.24, 2.45) is 0 Å². The zero-order valence-electron chi connectivity index (χ0n) is 10.4. The number of likely N-dealkylation sites (tertiary alicyclic amines) is 1. The summed E-state index contributed by atoms with van der Waals surface area (Å²) >= 11 is 0. The molecular formula is C14H17NO3. The Bertz CT molecular complexity index is 453. The van der Waals surface area contributed by atoms with Gasteiger partial charge < -0.3 is 10.0 Å². The quantitative estimate of drug-likeness (QED) is 0.630. The number of Topliss-reactive ketones (excluding diaryl/α,β-unsaturated/α-hetero) is 1. The smallest absolute Gasteiger partial charge is 0.295 e. The lowest BCUT2D eigenvalue weighted by Gasteiger charge is -2.29. The minimum Gasteiger partial charge on any atom is -0.391 e. The predicted octanol–water partition coefficient (Wildman–Crippen LogP) is 1.16. The third-order valence-electron chi connectivity index (χ3n) is 3.19. The van der Waals surface area contributed by atoms with Gasteiger partial charge in [0.05, 0.1) is 6.10 Å². The normalized spacial score (nSPS) is 19.7. The van der Waals surface area contributed by atoms with Crippen LogP contribution in [0.15, 0.2) is 24.3 Å². The van der Waals surface area contributed by atoms with Crippen LogP contribution in [0.2, 0.25) is 0 Å². The third kappa shape index (κ3) is 2.76. The maximum Gasteiger partial charge on any atom is 0.295 e. The SMILES string of the molecule is Cc1ccc(C(=O)C(=O)N2CCCC(O)C2)cc1. The molecule has 0 radical (unpaired) electrons. The van der Waals surface area contributed by atoms with Crippen molar-refractivity contribution in [3.05, 3.63) is 35.4 Å². The van der Waals surface area contributed by atoms with Crippen molar-refractivity contribution in [2.75, 3.05) is 13.1 Å². The van der Waals surface area contributed by atoms with Crippen LogP contribution in [0.5, 0.6) is 0 Å². The second-order valence-corrected chi connectivity index (χ2v) is 4.74. The molecule has 1 aliphatic heterocycles. The molecule has 1 aliphatic rings. The van der Waals surface area contributed by atoms with Crippen molar-refractivity contribution in [3.63, 3.8) is 0 Å². The van der Waals surface area contributed by atoms with E-state index < -0.39 is 17.8 Å². The van der Waals surface area contributed by atoms with Crippen LogP contribution in [-0.2, 0) is 4.79 Å². The average molecular weight is 247 g/mol. The number of piperidine rings is 1. The van der Waals surface area contributed by atoms with Gasteiger partial charge in [0.2, 0.25) is 5.78 Å². The molecule has 0 aliphatic carbocycles. The van der Waals surface area contributed by atoms with Crippen LogP contribution >= 0.6 is 0 Å². The Balaban J connectivity index is 2.08. The summed E-state index contributed by atoms with van der Waals surface area (Å²) in [4.78, 5) is 25.4. The van der Waals surface area contributed by atoms with Gasteiger partial charge >= 0.3 is 0 Å². The molecule has 1 heterocycles. The summed E-state index contributed by atoms with van der Waals surface area (Å²) in [6, 6.07) is 6.95. The van der Waals surface area contributed by atoms with Crippen molar-refractivity contribution < 1.29 is 14.7 Å². The van der Waals surface area contributed by atoms with Gasteiger partial charge in [-0.1, -0.05) is 29.8 Å². The van der Waals surface area contributed by atoms with Gasteiger partial charge in [-0.05, 0) is 19.8 Å². The van der Waals surface area contributed by atoms with Gasteiger partial charge in [0.15, 0.2) is 0 Å². The van der Waals surface area contributed by atoms with Crippen LogP contribution in [-0.4, -0.2) is 40.9 Å². The first-order chi connectivity index (χ1) is 8.58. The Labute approximate surface area is 106 Å². The van der Waals surface area contributed by atoms with Crippen LogP contribution < -0.4 is 0 Å². The molecule has 1 N–H and O–H groups in total. The molecule has 4 heteroatoms. The van der Waals surface area contributed by atoms with Gasteiger partial charge in [-0.2, -0.15) is 0 Å². The van der Waals surface area contributed by atoms with Crippen molar-refractivity contribution in [1.29, 1.82) is 0 Å². The van der Waals surface area contributed by atoms with E-state index in [0.717, 1.165) is 12.0 Å². The Morgan fingerprint density at radius 3 is 2.56 bits per heavy atom. The van der Waals surface area contributed by atoms with Crippen LogP contribution in [0.25, 0.3) is 0 Å². The molecule has 0 saturated carbocycles. The van der Waals surface area contributed by atoms with Gasteiger partial charge in [0, 0.05) is 18.7 Å². The van der Waals surface area contributed by atoms with Gasteiger partial charge in [0.25, 0.3) is 5.91 Å². The highest BCUT2D eigenvalue weighted by atomic mass is 16.3. The number of ketones is 1. The molecule has 18 heavy (non-hydrogen) atoms. The number of rotatable bonds is 2. The molecule has 0 aromatic heterocycles. The Kier molecular flexibility index (Phi) is 3.77. The number of hydrogen-bond acceptors (Lipinski definition) is 3. The standard InChI is InChI=1S/C14H17NO3/c1-10-4-6-11(7-5-10)13(17)14(18)15-8-2-3-12(16)9-15/h4-7,12,16H,2-3,8-9H2,1H3. The van der Waals surface area contributed by atoms with E-state index in [9.17, 15) is 14.7 Å². The zero-order chi connectivity index (χ0) is 13.1. The lowest BCUT2D eigenvalue weighted by molar-refractivity contribution is -0.129. The van der Waals surface area contributed by atoms with Crippen molar-refractivity contribution in [1.82, 2.24) is 4.90 Å². The number of nitrogens with zero attached hydrogens (tertiary/aromatic N) is 1. The van der Waals surface area contributed by atoms with E-state index in [-0.39, 0.29) is 6.54 Å². The third-order valence-corrected chi connectivity index (χ3v) is 3.19. The zero-order valence-corrected chi connectivity index (χ0v) is 10.4. The van der Waals surface area contributed by atoms with Gasteiger partial charge in [0.1, 0.15) is 0 Å². The van der Waals surface area contributed by atoms with E-state index in [1.165, 1.54) is 4.90 Å². The average Bonchev–Trinajstić information content (AvgIpc) is 2.38. The second-order valence-electron chi connectivity index (χ2n) is 4.74. The lowest BCUT2D eigenvalue weighted by Crippen LogP contribution is -2.45. The molecule has 1 aromatic rings. The minimum atomic E-state index is -0.516.